The quantitative estimate of drug-likeness (QED) is 0.0657. The Morgan fingerprint density at radius 1 is 0.472 bits per heavy atom. The van der Waals surface area contributed by atoms with E-state index in [1.54, 1.807) is 0 Å². The fourth-order valence-electron chi connectivity index (χ4n) is 8.10. The predicted octanol–water partition coefficient (Wildman–Crippen LogP) is 12.3. The molecule has 390 valence electrons. The molecule has 0 heterocycles. The van der Waals surface area contributed by atoms with Crippen molar-refractivity contribution in [1.29, 1.82) is 0 Å². The van der Waals surface area contributed by atoms with Gasteiger partial charge < -0.3 is 22.9 Å². The van der Waals surface area contributed by atoms with Crippen LogP contribution in [0.5, 0.6) is 0 Å². The van der Waals surface area contributed by atoms with Gasteiger partial charge in [-0.15, -0.1) is 0 Å². The third-order valence-corrected chi connectivity index (χ3v) is 12.5. The van der Waals surface area contributed by atoms with Crippen molar-refractivity contribution in [2.24, 2.45) is 58.4 Å². The Kier molecular flexibility index (Phi) is 28.7. The average Bonchev–Trinajstić information content (AvgIpc) is 3.39. The molecule has 5 aromatic rings. The van der Waals surface area contributed by atoms with Gasteiger partial charge in [-0.2, -0.15) is 0 Å². The van der Waals surface area contributed by atoms with Crippen LogP contribution in [0.25, 0.3) is 11.1 Å². The Morgan fingerprint density at radius 3 is 1.38 bits per heavy atom. The molecule has 8 N–H and O–H groups in total. The van der Waals surface area contributed by atoms with Crippen molar-refractivity contribution in [3.8, 4) is 11.1 Å². The molecule has 0 saturated heterocycles. The number of carbonyl (C=O) groups excluding carboxylic acids is 5. The van der Waals surface area contributed by atoms with Crippen molar-refractivity contribution in [3.05, 3.63) is 166 Å². The van der Waals surface area contributed by atoms with Gasteiger partial charge in [0.1, 0.15) is 5.78 Å². The van der Waals surface area contributed by atoms with E-state index >= 15 is 0 Å². The van der Waals surface area contributed by atoms with E-state index in [2.05, 4.69) is 12.1 Å². The molecule has 1 fully saturated rings. The molecular weight excluding hydrogens is 893 g/mol. The van der Waals surface area contributed by atoms with E-state index in [0.717, 1.165) is 57.3 Å². The summed E-state index contributed by atoms with van der Waals surface area (Å²) in [5.41, 5.74) is 32.2. The van der Waals surface area contributed by atoms with Crippen molar-refractivity contribution in [2.45, 2.75) is 146 Å². The van der Waals surface area contributed by atoms with Crippen molar-refractivity contribution >= 4 is 28.9 Å². The number of rotatable bonds is 17. The second-order valence-electron chi connectivity index (χ2n) is 20.5. The highest BCUT2D eigenvalue weighted by atomic mass is 16.1. The Balaban J connectivity index is 0.000000312. The third kappa shape index (κ3) is 22.4. The maximum absolute atomic E-state index is 12.0. The first-order valence-corrected chi connectivity index (χ1v) is 26.1. The smallest absolute Gasteiger partial charge is 0.165 e. The van der Waals surface area contributed by atoms with E-state index in [1.165, 1.54) is 24.8 Å². The zero-order valence-corrected chi connectivity index (χ0v) is 45.5. The topological polar surface area (TPSA) is 189 Å². The van der Waals surface area contributed by atoms with Crippen LogP contribution in [-0.2, 0) is 40.3 Å². The SMILES string of the molecule is CC(C)C(=O)C(N)Cc1ccccc1.CC(C)C(=O)C1CCCCC1.CC(C)C(=O)c1ccc(-c2ccccc2)c(CN)c1.CC(C)C(=O)c1cccc(CN)c1.Cc1ccc(CC(N)C(=O)C(C)C)cc1. The number of benzene rings is 5. The first kappa shape index (κ1) is 62.4. The van der Waals surface area contributed by atoms with Crippen LogP contribution < -0.4 is 22.9 Å². The highest BCUT2D eigenvalue weighted by molar-refractivity contribution is 5.98. The summed E-state index contributed by atoms with van der Waals surface area (Å²) in [7, 11) is 0. The van der Waals surface area contributed by atoms with Gasteiger partial charge in [0.25, 0.3) is 0 Å². The van der Waals surface area contributed by atoms with E-state index in [0.29, 0.717) is 37.6 Å². The molecule has 0 bridgehead atoms. The van der Waals surface area contributed by atoms with Gasteiger partial charge in [-0.1, -0.05) is 209 Å². The van der Waals surface area contributed by atoms with Crippen molar-refractivity contribution < 1.29 is 24.0 Å². The molecule has 0 amide bonds. The third-order valence-electron chi connectivity index (χ3n) is 12.5. The Hall–Kier alpha value is -5.71. The number of Topliss-reactive ketones (excluding diaryl/α,β-unsaturated/α-hetero) is 5. The summed E-state index contributed by atoms with van der Waals surface area (Å²) in [4.78, 5) is 58.2. The molecule has 1 aliphatic rings. The van der Waals surface area contributed by atoms with E-state index in [9.17, 15) is 24.0 Å². The largest absolute Gasteiger partial charge is 0.326 e. The Morgan fingerprint density at radius 2 is 0.931 bits per heavy atom. The molecular formula is C63H88N4O5. The van der Waals surface area contributed by atoms with Crippen LogP contribution in [0.4, 0.5) is 0 Å². The monoisotopic (exact) mass is 981 g/mol. The molecule has 0 aromatic heterocycles. The standard InChI is InChI=1S/C17H19NO.C13H19NO.C12H17NO.C11H15NO.C10H18O/c1-12(2)17(19)14-8-9-16(15(10-14)11-18)13-6-4-3-5-7-13;1-9(2)13(15)12(14)8-11-6-4-10(3)5-7-11;1-9(2)12(14)11(13)8-10-6-4-3-5-7-10;1-8(2)11(13)10-5-3-4-9(6-10)7-12;1-8(2)10(11)9-6-4-3-5-7-9/h3-10,12H,11,18H2,1-2H3;4-7,9,12H,8,14H2,1-3H3;3-7,9,11H,8,13H2,1-2H3;3-6,8H,7,12H2,1-2H3;8-9H,3-7H2,1-2H3. The van der Waals surface area contributed by atoms with Gasteiger partial charge in [0.2, 0.25) is 0 Å². The second kappa shape index (κ2) is 33.1. The molecule has 2 unspecified atom stereocenters. The first-order valence-electron chi connectivity index (χ1n) is 26.1. The van der Waals surface area contributed by atoms with E-state index in [1.807, 2.05) is 191 Å². The molecule has 0 aliphatic heterocycles. The van der Waals surface area contributed by atoms with Crippen molar-refractivity contribution in [2.75, 3.05) is 0 Å². The van der Waals surface area contributed by atoms with Gasteiger partial charge in [0.15, 0.2) is 23.1 Å². The van der Waals surface area contributed by atoms with Crippen LogP contribution in [0.2, 0.25) is 0 Å². The number of aryl methyl sites for hydroxylation is 1. The van der Waals surface area contributed by atoms with Gasteiger partial charge in [0, 0.05) is 59.7 Å². The number of hydrogen-bond acceptors (Lipinski definition) is 9. The molecule has 0 spiro atoms. The lowest BCUT2D eigenvalue weighted by Crippen LogP contribution is -2.35. The minimum atomic E-state index is -0.368. The maximum atomic E-state index is 12.0. The van der Waals surface area contributed by atoms with Crippen LogP contribution >= 0.6 is 0 Å². The lowest BCUT2D eigenvalue weighted by Gasteiger charge is -2.21. The molecule has 6 rings (SSSR count). The van der Waals surface area contributed by atoms with Crippen molar-refractivity contribution in [1.82, 2.24) is 0 Å². The van der Waals surface area contributed by atoms with E-state index in [-0.39, 0.29) is 64.8 Å². The molecule has 1 aliphatic carbocycles. The summed E-state index contributed by atoms with van der Waals surface area (Å²) < 4.78 is 0. The molecule has 1 saturated carbocycles. The first-order chi connectivity index (χ1) is 34.1. The summed E-state index contributed by atoms with van der Waals surface area (Å²) in [6, 6.07) is 40.7. The highest BCUT2D eigenvalue weighted by Gasteiger charge is 2.23. The predicted molar refractivity (Wildman–Crippen MR) is 300 cm³/mol. The number of carbonyl (C=O) groups is 5. The van der Waals surface area contributed by atoms with Crippen LogP contribution in [0.15, 0.2) is 127 Å². The van der Waals surface area contributed by atoms with Crippen LogP contribution in [0, 0.1) is 42.4 Å². The molecule has 2 atom stereocenters. The number of nitrogens with two attached hydrogens (primary N) is 4. The Labute approximate surface area is 433 Å². The summed E-state index contributed by atoms with van der Waals surface area (Å²) >= 11 is 0. The minimum Gasteiger partial charge on any atom is -0.326 e. The summed E-state index contributed by atoms with van der Waals surface area (Å²) in [6.45, 7) is 22.1. The van der Waals surface area contributed by atoms with Gasteiger partial charge in [-0.25, -0.2) is 0 Å². The summed E-state index contributed by atoms with van der Waals surface area (Å²) in [5, 5.41) is 0. The summed E-state index contributed by atoms with van der Waals surface area (Å²) in [5.74, 6) is 1.85. The highest BCUT2D eigenvalue weighted by Crippen LogP contribution is 2.27. The molecule has 72 heavy (non-hydrogen) atoms. The van der Waals surface area contributed by atoms with Gasteiger partial charge in [-0.05, 0) is 78.1 Å². The molecule has 0 radical (unpaired) electrons. The Bertz CT molecular complexity index is 2380. The molecule has 9 nitrogen and oxygen atoms in total. The van der Waals surface area contributed by atoms with Gasteiger partial charge in [-0.3, -0.25) is 24.0 Å². The fraction of sp³-hybridized carbons (Fsp3) is 0.444. The zero-order valence-electron chi connectivity index (χ0n) is 45.5. The van der Waals surface area contributed by atoms with E-state index in [4.69, 9.17) is 22.9 Å². The van der Waals surface area contributed by atoms with E-state index < -0.39 is 0 Å². The van der Waals surface area contributed by atoms with Crippen LogP contribution in [0.3, 0.4) is 0 Å². The number of hydrogen-bond donors (Lipinski definition) is 4. The van der Waals surface area contributed by atoms with Gasteiger partial charge >= 0.3 is 0 Å². The normalized spacial score (nSPS) is 13.1. The maximum Gasteiger partial charge on any atom is 0.165 e. The van der Waals surface area contributed by atoms with Crippen molar-refractivity contribution in [3.63, 3.8) is 0 Å². The average molecular weight is 981 g/mol. The fourth-order valence-corrected chi connectivity index (χ4v) is 8.10. The zero-order chi connectivity index (χ0) is 53.9. The lowest BCUT2D eigenvalue weighted by atomic mass is 9.83. The molecule has 9 heteroatoms. The van der Waals surface area contributed by atoms with Gasteiger partial charge in [0.05, 0.1) is 12.1 Å². The second-order valence-corrected chi connectivity index (χ2v) is 20.5. The van der Waals surface area contributed by atoms with Crippen LogP contribution in [0.1, 0.15) is 150 Å². The number of ketones is 5. The summed E-state index contributed by atoms with van der Waals surface area (Å²) in [6.07, 6.45) is 7.44. The molecule has 5 aromatic carbocycles. The lowest BCUT2D eigenvalue weighted by molar-refractivity contribution is -0.126. The van der Waals surface area contributed by atoms with Crippen LogP contribution in [-0.4, -0.2) is 41.0 Å². The minimum absolute atomic E-state index is 0.00759.